The summed E-state index contributed by atoms with van der Waals surface area (Å²) < 4.78 is 85.1. The van der Waals surface area contributed by atoms with Gasteiger partial charge in [0.25, 0.3) is 0 Å². The van der Waals surface area contributed by atoms with Crippen LogP contribution in [0.25, 0.3) is 5.57 Å². The first-order valence-corrected chi connectivity index (χ1v) is 14.0. The Morgan fingerprint density at radius 1 is 1.05 bits per heavy atom. The van der Waals surface area contributed by atoms with Crippen molar-refractivity contribution in [2.24, 2.45) is 11.3 Å². The highest BCUT2D eigenvalue weighted by Gasteiger charge is 2.45. The molecule has 2 heterocycles. The number of carbonyl (C=O) groups excluding carboxylic acids is 1. The Labute approximate surface area is 238 Å². The first kappa shape index (κ1) is 29.7. The molecule has 0 bridgehead atoms. The zero-order valence-electron chi connectivity index (χ0n) is 22.1. The normalized spacial score (nSPS) is 21.5. The molecule has 0 spiro atoms. The number of carbonyl (C=O) groups is 1. The summed E-state index contributed by atoms with van der Waals surface area (Å²) >= 11 is 6.09. The van der Waals surface area contributed by atoms with Crippen LogP contribution < -0.4 is 5.32 Å². The Bertz CT molecular complexity index is 1290. The summed E-state index contributed by atoms with van der Waals surface area (Å²) in [4.78, 5) is 15.6. The van der Waals surface area contributed by atoms with Crippen molar-refractivity contribution in [1.82, 2.24) is 15.4 Å². The number of allylic oxidation sites excluding steroid dienone is 4. The number of hydrogen-bond acceptors (Lipinski definition) is 4. The number of rotatable bonds is 8. The molecule has 2 fully saturated rings. The van der Waals surface area contributed by atoms with E-state index < -0.39 is 35.4 Å². The van der Waals surface area contributed by atoms with E-state index in [9.17, 15) is 31.1 Å². The van der Waals surface area contributed by atoms with Crippen LogP contribution in [0.2, 0.25) is 0 Å². The van der Waals surface area contributed by atoms with Gasteiger partial charge in [0.2, 0.25) is 5.91 Å². The average Bonchev–Trinajstić information content (AvgIpc) is 3.61. The van der Waals surface area contributed by atoms with Gasteiger partial charge in [0.05, 0.1) is 27.6 Å². The van der Waals surface area contributed by atoms with Crippen LogP contribution in [0.15, 0.2) is 47.0 Å². The molecule has 1 aromatic heterocycles. The Balaban J connectivity index is 1.23. The number of halogens is 7. The summed E-state index contributed by atoms with van der Waals surface area (Å²) in [5, 5.41) is 6.81. The molecule has 1 amide bonds. The molecule has 41 heavy (non-hydrogen) atoms. The maximum absolute atomic E-state index is 13.5. The Kier molecular flexibility index (Phi) is 8.31. The van der Waals surface area contributed by atoms with Crippen molar-refractivity contribution in [3.8, 4) is 0 Å². The van der Waals surface area contributed by atoms with Crippen LogP contribution >= 0.6 is 11.6 Å². The molecular weight excluding hydrogens is 572 g/mol. The Morgan fingerprint density at radius 2 is 1.71 bits per heavy atom. The lowest BCUT2D eigenvalue weighted by Gasteiger charge is -2.40. The van der Waals surface area contributed by atoms with Crippen molar-refractivity contribution in [2.75, 3.05) is 13.1 Å². The van der Waals surface area contributed by atoms with Crippen LogP contribution in [0.1, 0.15) is 66.7 Å². The summed E-state index contributed by atoms with van der Waals surface area (Å²) in [7, 11) is 0. The van der Waals surface area contributed by atoms with Crippen molar-refractivity contribution in [1.29, 1.82) is 0 Å². The number of benzene rings is 1. The quantitative estimate of drug-likeness (QED) is 0.254. The number of nitrogens with zero attached hydrogens (tertiary/aromatic N) is 2. The van der Waals surface area contributed by atoms with E-state index in [2.05, 4.69) is 15.4 Å². The summed E-state index contributed by atoms with van der Waals surface area (Å²) in [6.45, 7) is 1.31. The lowest BCUT2D eigenvalue weighted by Crippen LogP contribution is -2.48. The zero-order valence-corrected chi connectivity index (χ0v) is 22.9. The highest BCUT2D eigenvalue weighted by Crippen LogP contribution is 2.46. The van der Waals surface area contributed by atoms with Crippen LogP contribution in [-0.4, -0.2) is 34.4 Å². The molecule has 1 saturated carbocycles. The summed E-state index contributed by atoms with van der Waals surface area (Å²) in [6.07, 6.45) is 0.355. The molecule has 2 aliphatic carbocycles. The highest BCUT2D eigenvalue weighted by atomic mass is 35.5. The van der Waals surface area contributed by atoms with Crippen LogP contribution in [0, 0.1) is 11.3 Å². The lowest BCUT2D eigenvalue weighted by atomic mass is 9.73. The predicted molar refractivity (Wildman–Crippen MR) is 140 cm³/mol. The Morgan fingerprint density at radius 3 is 2.27 bits per heavy atom. The Hall–Kier alpha value is -2.79. The van der Waals surface area contributed by atoms with Gasteiger partial charge in [0, 0.05) is 24.7 Å². The lowest BCUT2D eigenvalue weighted by molar-refractivity contribution is -0.143. The molecule has 1 unspecified atom stereocenters. The fourth-order valence-corrected chi connectivity index (χ4v) is 5.72. The van der Waals surface area contributed by atoms with Gasteiger partial charge in [-0.2, -0.15) is 26.3 Å². The topological polar surface area (TPSA) is 58.4 Å². The molecule has 5 rings (SSSR count). The smallest absolute Gasteiger partial charge is 0.356 e. The summed E-state index contributed by atoms with van der Waals surface area (Å²) in [5.74, 6) is 0.732. The highest BCUT2D eigenvalue weighted by molar-refractivity contribution is 6.22. The average molecular weight is 602 g/mol. The van der Waals surface area contributed by atoms with Crippen molar-refractivity contribution in [3.05, 3.63) is 70.6 Å². The molecule has 12 heteroatoms. The van der Waals surface area contributed by atoms with E-state index in [0.29, 0.717) is 69.1 Å². The van der Waals surface area contributed by atoms with Crippen LogP contribution in [0.5, 0.6) is 0 Å². The monoisotopic (exact) mass is 601 g/mol. The minimum absolute atomic E-state index is 0.0370. The standard InChI is InChI=1S/C29H30ClF6N3O2/c30-23-5-3-20(4-6-23)25-14-24(38-41-25)17-39-9-7-27(8-10-39,15-18-1-2-18)26(40)37-16-19-11-21(28(31,32)33)13-22(12-19)29(34,35)36/h3-5,11-14,18,23H,1-2,6-10,15-17H2,(H,37,40). The maximum Gasteiger partial charge on any atom is 0.416 e. The molecule has 0 radical (unpaired) electrons. The second-order valence-electron chi connectivity index (χ2n) is 11.3. The van der Waals surface area contributed by atoms with E-state index in [0.717, 1.165) is 24.1 Å². The summed E-state index contributed by atoms with van der Waals surface area (Å²) in [6, 6.07) is 3.29. The number of amides is 1. The van der Waals surface area contributed by atoms with Gasteiger partial charge in [0.1, 0.15) is 0 Å². The van der Waals surface area contributed by atoms with Crippen LogP contribution in [0.4, 0.5) is 26.3 Å². The van der Waals surface area contributed by atoms with Crippen LogP contribution in [0.3, 0.4) is 0 Å². The minimum Gasteiger partial charge on any atom is -0.356 e. The van der Waals surface area contributed by atoms with Gasteiger partial charge < -0.3 is 9.84 Å². The van der Waals surface area contributed by atoms with Gasteiger partial charge in [-0.15, -0.1) is 11.6 Å². The van der Waals surface area contributed by atoms with Crippen molar-refractivity contribution >= 4 is 23.1 Å². The molecule has 3 aliphatic rings. The number of alkyl halides is 7. The molecule has 1 aliphatic heterocycles. The third-order valence-electron chi connectivity index (χ3n) is 8.05. The van der Waals surface area contributed by atoms with E-state index in [1.54, 1.807) is 0 Å². The molecular formula is C29H30ClF6N3O2. The van der Waals surface area contributed by atoms with Crippen molar-refractivity contribution in [2.45, 2.75) is 69.3 Å². The predicted octanol–water partition coefficient (Wildman–Crippen LogP) is 7.36. The summed E-state index contributed by atoms with van der Waals surface area (Å²) in [5.41, 5.74) is -2.09. The van der Waals surface area contributed by atoms with Crippen molar-refractivity contribution in [3.63, 3.8) is 0 Å². The van der Waals surface area contributed by atoms with E-state index in [1.807, 2.05) is 24.3 Å². The molecule has 1 N–H and O–H groups in total. The van der Waals surface area contributed by atoms with Gasteiger partial charge >= 0.3 is 12.4 Å². The SMILES string of the molecule is O=C(NCc1cc(C(F)(F)F)cc(C(F)(F)F)c1)C1(CC2CC2)CCN(Cc2cc(C3=CCC(Cl)C=C3)on2)CC1. The number of piperidine rings is 1. The van der Waals surface area contributed by atoms with E-state index in [1.165, 1.54) is 0 Å². The second-order valence-corrected chi connectivity index (χ2v) is 11.8. The van der Waals surface area contributed by atoms with Crippen LogP contribution in [-0.2, 0) is 30.2 Å². The molecule has 1 saturated heterocycles. The minimum atomic E-state index is -4.94. The second kappa shape index (κ2) is 11.5. The van der Waals surface area contributed by atoms with E-state index in [4.69, 9.17) is 16.1 Å². The maximum atomic E-state index is 13.5. The number of hydrogen-bond donors (Lipinski definition) is 1. The molecule has 1 atom stereocenters. The molecule has 5 nitrogen and oxygen atoms in total. The number of nitrogens with one attached hydrogen (secondary N) is 1. The van der Waals surface area contributed by atoms with Crippen molar-refractivity contribution < 1.29 is 35.7 Å². The molecule has 222 valence electrons. The third-order valence-corrected chi connectivity index (χ3v) is 8.37. The van der Waals surface area contributed by atoms with Gasteiger partial charge in [-0.3, -0.25) is 9.69 Å². The van der Waals surface area contributed by atoms with Gasteiger partial charge in [0.15, 0.2) is 5.76 Å². The van der Waals surface area contributed by atoms with Gasteiger partial charge in [-0.25, -0.2) is 0 Å². The first-order chi connectivity index (χ1) is 19.3. The fourth-order valence-electron chi connectivity index (χ4n) is 5.56. The van der Waals surface area contributed by atoms with E-state index >= 15 is 0 Å². The van der Waals surface area contributed by atoms with E-state index in [-0.39, 0.29) is 22.9 Å². The largest absolute Gasteiger partial charge is 0.416 e. The number of aromatic nitrogens is 1. The molecule has 2 aromatic rings. The third kappa shape index (κ3) is 7.35. The first-order valence-electron chi connectivity index (χ1n) is 13.6. The number of likely N-dealkylation sites (tertiary alicyclic amines) is 1. The van der Waals surface area contributed by atoms with Gasteiger partial charge in [-0.1, -0.05) is 36.2 Å². The fraction of sp³-hybridized carbons (Fsp3) is 0.517. The van der Waals surface area contributed by atoms with Gasteiger partial charge in [-0.05, 0) is 68.5 Å². The molecule has 1 aromatic carbocycles. The zero-order chi connectivity index (χ0) is 29.4.